The lowest BCUT2D eigenvalue weighted by Crippen LogP contribution is -2.35. The van der Waals surface area contributed by atoms with Gasteiger partial charge in [0.05, 0.1) is 0 Å². The number of unbranched alkanes of at least 4 members (excludes halogenated alkanes) is 2. The molecular weight excluding hydrogens is 388 g/mol. The fourth-order valence-corrected chi connectivity index (χ4v) is 5.13. The number of hydrogen-bond acceptors (Lipinski definition) is 4. The second-order valence-electron chi connectivity index (χ2n) is 7.30. The first-order valence-electron chi connectivity index (χ1n) is 9.96. The predicted molar refractivity (Wildman–Crippen MR) is 125 cm³/mol. The van der Waals surface area contributed by atoms with Crippen molar-refractivity contribution in [3.05, 3.63) is 42.0 Å². The predicted octanol–water partition coefficient (Wildman–Crippen LogP) is 5.31. The van der Waals surface area contributed by atoms with Gasteiger partial charge in [0.25, 0.3) is 5.91 Å². The van der Waals surface area contributed by atoms with Crippen LogP contribution in [0.1, 0.15) is 68.8 Å². The van der Waals surface area contributed by atoms with E-state index in [2.05, 4.69) is 38.0 Å². The van der Waals surface area contributed by atoms with Gasteiger partial charge in [-0.1, -0.05) is 66.1 Å². The number of benzene rings is 1. The van der Waals surface area contributed by atoms with Crippen molar-refractivity contribution < 1.29 is 9.59 Å². The number of nitrogens with one attached hydrogen (secondary N) is 2. The summed E-state index contributed by atoms with van der Waals surface area (Å²) in [6, 6.07) is 7.24. The van der Waals surface area contributed by atoms with E-state index in [-0.39, 0.29) is 16.6 Å². The van der Waals surface area contributed by atoms with Gasteiger partial charge in [-0.25, -0.2) is 0 Å². The van der Waals surface area contributed by atoms with Crippen molar-refractivity contribution in [2.45, 2.75) is 57.6 Å². The summed E-state index contributed by atoms with van der Waals surface area (Å²) in [4.78, 5) is 24.1. The molecule has 2 amide bonds. The minimum Gasteiger partial charge on any atom is -0.354 e. The first kappa shape index (κ1) is 24.6. The van der Waals surface area contributed by atoms with Crippen LogP contribution in [0.5, 0.6) is 0 Å². The minimum absolute atomic E-state index is 0.0363. The van der Waals surface area contributed by atoms with Crippen LogP contribution in [-0.4, -0.2) is 35.4 Å². The van der Waals surface area contributed by atoms with E-state index in [0.29, 0.717) is 25.1 Å². The molecule has 0 unspecified atom stereocenters. The molecule has 0 saturated heterocycles. The van der Waals surface area contributed by atoms with Crippen LogP contribution in [0.15, 0.2) is 30.8 Å². The Hall–Kier alpha value is -1.40. The Labute approximate surface area is 178 Å². The molecule has 0 aliphatic rings. The zero-order chi connectivity index (χ0) is 20.8. The fourth-order valence-electron chi connectivity index (χ4n) is 2.41. The van der Waals surface area contributed by atoms with Crippen molar-refractivity contribution in [2.75, 3.05) is 18.8 Å². The van der Waals surface area contributed by atoms with Crippen molar-refractivity contribution in [3.63, 3.8) is 0 Å². The maximum atomic E-state index is 12.1. The molecule has 0 saturated carbocycles. The molecule has 0 bridgehead atoms. The van der Waals surface area contributed by atoms with Crippen molar-refractivity contribution >= 4 is 39.5 Å². The SMILES string of the molecule is C=Cc1ccc(C(=O)NCCNC(=O)CCC(C)(C)SSCCCCC)cc1. The van der Waals surface area contributed by atoms with E-state index >= 15 is 0 Å². The molecule has 0 heterocycles. The monoisotopic (exact) mass is 422 g/mol. The average molecular weight is 423 g/mol. The van der Waals surface area contributed by atoms with Gasteiger partial charge < -0.3 is 10.6 Å². The van der Waals surface area contributed by atoms with Crippen LogP contribution < -0.4 is 10.6 Å². The molecule has 0 aliphatic heterocycles. The molecule has 1 aromatic carbocycles. The molecule has 0 atom stereocenters. The molecule has 2 N–H and O–H groups in total. The lowest BCUT2D eigenvalue weighted by Gasteiger charge is -2.22. The van der Waals surface area contributed by atoms with Crippen LogP contribution in [0.25, 0.3) is 6.08 Å². The van der Waals surface area contributed by atoms with Crippen molar-refractivity contribution in [1.82, 2.24) is 10.6 Å². The summed E-state index contributed by atoms with van der Waals surface area (Å²) in [5.41, 5.74) is 1.58. The lowest BCUT2D eigenvalue weighted by atomic mass is 10.1. The fraction of sp³-hybridized carbons (Fsp3) is 0.545. The molecule has 0 aliphatic carbocycles. The van der Waals surface area contributed by atoms with Gasteiger partial charge in [0.2, 0.25) is 5.91 Å². The highest BCUT2D eigenvalue weighted by molar-refractivity contribution is 8.77. The van der Waals surface area contributed by atoms with Gasteiger partial charge in [-0.15, -0.1) is 0 Å². The Kier molecular flexibility index (Phi) is 12.1. The third-order valence-electron chi connectivity index (χ3n) is 4.21. The van der Waals surface area contributed by atoms with Crippen molar-refractivity contribution in [3.8, 4) is 0 Å². The maximum Gasteiger partial charge on any atom is 0.251 e. The highest BCUT2D eigenvalue weighted by Gasteiger charge is 2.20. The molecular formula is C22H34N2O2S2. The van der Waals surface area contributed by atoms with Gasteiger partial charge in [0.15, 0.2) is 0 Å². The summed E-state index contributed by atoms with van der Waals surface area (Å²) >= 11 is 0. The first-order chi connectivity index (χ1) is 13.4. The van der Waals surface area contributed by atoms with E-state index in [4.69, 9.17) is 0 Å². The number of hydrogen-bond donors (Lipinski definition) is 2. The van der Waals surface area contributed by atoms with Crippen molar-refractivity contribution in [1.29, 1.82) is 0 Å². The van der Waals surface area contributed by atoms with Crippen LogP contribution >= 0.6 is 21.6 Å². The number of rotatable bonds is 14. The van der Waals surface area contributed by atoms with E-state index in [0.717, 1.165) is 12.0 Å². The molecule has 0 fully saturated rings. The van der Waals surface area contributed by atoms with Crippen LogP contribution in [-0.2, 0) is 4.79 Å². The van der Waals surface area contributed by atoms with Gasteiger partial charge >= 0.3 is 0 Å². The molecule has 1 aromatic rings. The molecule has 0 spiro atoms. The smallest absolute Gasteiger partial charge is 0.251 e. The summed E-state index contributed by atoms with van der Waals surface area (Å²) in [6.07, 6.45) is 6.87. The zero-order valence-electron chi connectivity index (χ0n) is 17.4. The molecule has 1 rings (SSSR count). The Morgan fingerprint density at radius 1 is 1.11 bits per heavy atom. The average Bonchev–Trinajstić information content (AvgIpc) is 2.69. The third-order valence-corrected chi connectivity index (χ3v) is 7.65. The van der Waals surface area contributed by atoms with Gasteiger partial charge in [0.1, 0.15) is 0 Å². The van der Waals surface area contributed by atoms with E-state index in [1.807, 2.05) is 33.7 Å². The number of carbonyl (C=O) groups excluding carboxylic acids is 2. The second-order valence-corrected chi connectivity index (χ2v) is 10.4. The highest BCUT2D eigenvalue weighted by Crippen LogP contribution is 2.39. The van der Waals surface area contributed by atoms with E-state index in [9.17, 15) is 9.59 Å². The highest BCUT2D eigenvalue weighted by atomic mass is 33.1. The molecule has 28 heavy (non-hydrogen) atoms. The molecule has 0 radical (unpaired) electrons. The Balaban J connectivity index is 2.16. The lowest BCUT2D eigenvalue weighted by molar-refractivity contribution is -0.121. The Morgan fingerprint density at radius 2 is 1.79 bits per heavy atom. The largest absolute Gasteiger partial charge is 0.354 e. The van der Waals surface area contributed by atoms with Gasteiger partial charge in [-0.05, 0) is 44.4 Å². The summed E-state index contributed by atoms with van der Waals surface area (Å²) in [7, 11) is 3.79. The van der Waals surface area contributed by atoms with Crippen LogP contribution in [0.4, 0.5) is 0 Å². The van der Waals surface area contributed by atoms with E-state index < -0.39 is 0 Å². The number of amides is 2. The summed E-state index contributed by atoms with van der Waals surface area (Å²) < 4.78 is 0.0834. The van der Waals surface area contributed by atoms with Crippen LogP contribution in [0.2, 0.25) is 0 Å². The van der Waals surface area contributed by atoms with Crippen molar-refractivity contribution in [2.24, 2.45) is 0 Å². The Bertz CT molecular complexity index is 615. The van der Waals surface area contributed by atoms with Crippen LogP contribution in [0.3, 0.4) is 0 Å². The van der Waals surface area contributed by atoms with Crippen LogP contribution in [0, 0.1) is 0 Å². The molecule has 6 heteroatoms. The van der Waals surface area contributed by atoms with Gasteiger partial charge in [-0.3, -0.25) is 9.59 Å². The normalized spacial score (nSPS) is 11.1. The summed E-state index contributed by atoms with van der Waals surface area (Å²) in [5, 5.41) is 5.70. The summed E-state index contributed by atoms with van der Waals surface area (Å²) in [5.74, 6) is 1.07. The number of carbonyl (C=O) groups is 2. The molecule has 0 aromatic heterocycles. The topological polar surface area (TPSA) is 58.2 Å². The second kappa shape index (κ2) is 13.7. The summed E-state index contributed by atoms with van der Waals surface area (Å²) in [6.45, 7) is 11.1. The zero-order valence-corrected chi connectivity index (χ0v) is 19.0. The van der Waals surface area contributed by atoms with Gasteiger partial charge in [-0.2, -0.15) is 0 Å². The van der Waals surface area contributed by atoms with E-state index in [1.165, 1.54) is 25.0 Å². The third kappa shape index (κ3) is 10.8. The molecule has 156 valence electrons. The van der Waals surface area contributed by atoms with Gasteiger partial charge in [0, 0.05) is 35.6 Å². The standard InChI is InChI=1S/C22H34N2O2S2/c1-5-7-8-17-27-28-22(3,4)14-13-20(25)23-15-16-24-21(26)19-11-9-18(6-2)10-12-19/h6,9-12H,2,5,7-8,13-17H2,1,3-4H3,(H,23,25)(H,24,26). The quantitative estimate of drug-likeness (QED) is 0.315. The first-order valence-corrected chi connectivity index (χ1v) is 12.3. The minimum atomic E-state index is -0.137. The molecule has 4 nitrogen and oxygen atoms in total. The van der Waals surface area contributed by atoms with E-state index in [1.54, 1.807) is 18.2 Å². The maximum absolute atomic E-state index is 12.1. The Morgan fingerprint density at radius 3 is 2.43 bits per heavy atom.